The number of aliphatic carboxylic acids is 1. The summed E-state index contributed by atoms with van der Waals surface area (Å²) in [4.78, 5) is 19.2. The molecule has 1 N–H and O–H groups in total. The monoisotopic (exact) mass is 296 g/mol. The lowest BCUT2D eigenvalue weighted by molar-refractivity contribution is -0.139. The Morgan fingerprint density at radius 1 is 1.50 bits per heavy atom. The molecule has 1 aliphatic heterocycles. The molecular weight excluding hydrogens is 276 g/mol. The van der Waals surface area contributed by atoms with Crippen molar-refractivity contribution >= 4 is 22.4 Å². The maximum atomic E-state index is 11.3. The Bertz CT molecular complexity index is 497. The standard InChI is InChI=1S/C14H20N2O3S/c1-16(8-9-4-3-7-19-9)14-15-12-10(13(17)18)5-2-6-11(12)20-14/h9-10H,2-8H2,1H3,(H,17,18). The summed E-state index contributed by atoms with van der Waals surface area (Å²) in [6, 6.07) is 0. The van der Waals surface area contributed by atoms with Gasteiger partial charge in [-0.2, -0.15) is 0 Å². The number of thiazole rings is 1. The van der Waals surface area contributed by atoms with Gasteiger partial charge in [-0.3, -0.25) is 4.79 Å². The lowest BCUT2D eigenvalue weighted by Crippen LogP contribution is -2.28. The molecule has 20 heavy (non-hydrogen) atoms. The summed E-state index contributed by atoms with van der Waals surface area (Å²) in [6.45, 7) is 1.69. The topological polar surface area (TPSA) is 62.7 Å². The van der Waals surface area contributed by atoms with Crippen LogP contribution in [0.1, 0.15) is 42.2 Å². The molecular formula is C14H20N2O3S. The van der Waals surface area contributed by atoms with E-state index in [-0.39, 0.29) is 6.10 Å². The van der Waals surface area contributed by atoms with E-state index >= 15 is 0 Å². The number of likely N-dealkylation sites (N-methyl/N-ethyl adjacent to an activating group) is 1. The molecule has 1 saturated heterocycles. The first kappa shape index (κ1) is 13.8. The molecule has 6 heteroatoms. The lowest BCUT2D eigenvalue weighted by Gasteiger charge is -2.19. The van der Waals surface area contributed by atoms with Crippen LogP contribution in [0, 0.1) is 0 Å². The zero-order chi connectivity index (χ0) is 14.1. The number of rotatable bonds is 4. The van der Waals surface area contributed by atoms with E-state index in [2.05, 4.69) is 9.88 Å². The van der Waals surface area contributed by atoms with Crippen molar-refractivity contribution in [2.24, 2.45) is 0 Å². The minimum Gasteiger partial charge on any atom is -0.481 e. The second kappa shape index (κ2) is 5.69. The predicted molar refractivity (Wildman–Crippen MR) is 77.7 cm³/mol. The van der Waals surface area contributed by atoms with Crippen molar-refractivity contribution in [3.63, 3.8) is 0 Å². The Morgan fingerprint density at radius 2 is 2.35 bits per heavy atom. The Hall–Kier alpha value is -1.14. The van der Waals surface area contributed by atoms with Gasteiger partial charge in [0.2, 0.25) is 0 Å². The van der Waals surface area contributed by atoms with Crippen molar-refractivity contribution in [1.82, 2.24) is 4.98 Å². The van der Waals surface area contributed by atoms with Crippen LogP contribution in [-0.4, -0.2) is 42.4 Å². The molecule has 3 rings (SSSR count). The third-order valence-corrected chi connectivity index (χ3v) is 5.31. The summed E-state index contributed by atoms with van der Waals surface area (Å²) >= 11 is 1.64. The van der Waals surface area contributed by atoms with Crippen LogP contribution in [0.15, 0.2) is 0 Å². The maximum Gasteiger partial charge on any atom is 0.312 e. The molecule has 2 heterocycles. The lowest BCUT2D eigenvalue weighted by atomic mass is 9.91. The second-order valence-electron chi connectivity index (χ2n) is 5.60. The molecule has 0 aromatic carbocycles. The Balaban J connectivity index is 1.76. The van der Waals surface area contributed by atoms with E-state index in [0.29, 0.717) is 6.42 Å². The molecule has 0 bridgehead atoms. The highest BCUT2D eigenvalue weighted by Gasteiger charge is 2.31. The van der Waals surface area contributed by atoms with Gasteiger partial charge in [0.1, 0.15) is 5.92 Å². The van der Waals surface area contributed by atoms with Gasteiger partial charge in [0.05, 0.1) is 11.8 Å². The minimum absolute atomic E-state index is 0.288. The largest absolute Gasteiger partial charge is 0.481 e. The first-order valence-electron chi connectivity index (χ1n) is 7.20. The van der Waals surface area contributed by atoms with Gasteiger partial charge < -0.3 is 14.7 Å². The molecule has 1 fully saturated rings. The number of ether oxygens (including phenoxy) is 1. The third kappa shape index (κ3) is 2.67. The van der Waals surface area contributed by atoms with Gasteiger partial charge in [-0.25, -0.2) is 4.98 Å². The van der Waals surface area contributed by atoms with E-state index in [1.165, 1.54) is 0 Å². The van der Waals surface area contributed by atoms with E-state index in [4.69, 9.17) is 4.74 Å². The summed E-state index contributed by atoms with van der Waals surface area (Å²) < 4.78 is 5.65. The molecule has 1 aromatic rings. The van der Waals surface area contributed by atoms with Gasteiger partial charge >= 0.3 is 5.97 Å². The number of hydrogen-bond acceptors (Lipinski definition) is 5. The van der Waals surface area contributed by atoms with Gasteiger partial charge in [-0.1, -0.05) is 0 Å². The Morgan fingerprint density at radius 3 is 3.05 bits per heavy atom. The van der Waals surface area contributed by atoms with Crippen LogP contribution in [0.5, 0.6) is 0 Å². The van der Waals surface area contributed by atoms with E-state index in [9.17, 15) is 9.90 Å². The summed E-state index contributed by atoms with van der Waals surface area (Å²) in [5, 5.41) is 10.2. The van der Waals surface area contributed by atoms with Crippen LogP contribution < -0.4 is 4.90 Å². The summed E-state index contributed by atoms with van der Waals surface area (Å²) in [7, 11) is 2.02. The predicted octanol–water partition coefficient (Wildman–Crippen LogP) is 2.26. The molecule has 1 aliphatic carbocycles. The van der Waals surface area contributed by atoms with Crippen LogP contribution in [0.3, 0.4) is 0 Å². The molecule has 110 valence electrons. The number of aromatic nitrogens is 1. The summed E-state index contributed by atoms with van der Waals surface area (Å²) in [5.74, 6) is -1.16. The van der Waals surface area contributed by atoms with Crippen molar-refractivity contribution in [3.05, 3.63) is 10.6 Å². The van der Waals surface area contributed by atoms with Crippen LogP contribution in [0.25, 0.3) is 0 Å². The molecule has 0 radical (unpaired) electrons. The fourth-order valence-electron chi connectivity index (χ4n) is 2.98. The average Bonchev–Trinajstić information content (AvgIpc) is 3.05. The molecule has 2 unspecified atom stereocenters. The second-order valence-corrected chi connectivity index (χ2v) is 6.67. The Kier molecular flexibility index (Phi) is 3.94. The van der Waals surface area contributed by atoms with Crippen LogP contribution in [0.2, 0.25) is 0 Å². The van der Waals surface area contributed by atoms with Gasteiger partial charge in [0.15, 0.2) is 5.13 Å². The van der Waals surface area contributed by atoms with Gasteiger partial charge in [0.25, 0.3) is 0 Å². The average molecular weight is 296 g/mol. The SMILES string of the molecule is CN(CC1CCCO1)c1nc2c(s1)CCCC2C(=O)O. The van der Waals surface area contributed by atoms with Crippen molar-refractivity contribution < 1.29 is 14.6 Å². The number of hydrogen-bond donors (Lipinski definition) is 1. The molecule has 0 amide bonds. The quantitative estimate of drug-likeness (QED) is 0.923. The highest BCUT2D eigenvalue weighted by Crippen LogP contribution is 2.38. The molecule has 2 aliphatic rings. The van der Waals surface area contributed by atoms with Crippen LogP contribution in [-0.2, 0) is 16.0 Å². The van der Waals surface area contributed by atoms with E-state index in [1.54, 1.807) is 11.3 Å². The molecule has 0 spiro atoms. The zero-order valence-corrected chi connectivity index (χ0v) is 12.5. The smallest absolute Gasteiger partial charge is 0.312 e. The van der Waals surface area contributed by atoms with Gasteiger partial charge in [-0.15, -0.1) is 11.3 Å². The number of carboxylic acid groups (broad SMARTS) is 1. The normalized spacial score (nSPS) is 25.4. The number of carboxylic acids is 1. The van der Waals surface area contributed by atoms with Crippen molar-refractivity contribution in [3.8, 4) is 0 Å². The van der Waals surface area contributed by atoms with Crippen molar-refractivity contribution in [2.45, 2.75) is 44.1 Å². The number of aryl methyl sites for hydroxylation is 1. The highest BCUT2D eigenvalue weighted by atomic mass is 32.1. The maximum absolute atomic E-state index is 11.3. The molecule has 2 atom stereocenters. The zero-order valence-electron chi connectivity index (χ0n) is 11.7. The van der Waals surface area contributed by atoms with Gasteiger partial charge in [0, 0.05) is 25.1 Å². The molecule has 1 aromatic heterocycles. The van der Waals surface area contributed by atoms with E-state index < -0.39 is 11.9 Å². The number of fused-ring (bicyclic) bond motifs is 1. The number of nitrogens with zero attached hydrogens (tertiary/aromatic N) is 2. The number of anilines is 1. The molecule has 5 nitrogen and oxygen atoms in total. The fourth-order valence-corrected chi connectivity index (χ4v) is 4.11. The van der Waals surface area contributed by atoms with Crippen LogP contribution in [0.4, 0.5) is 5.13 Å². The van der Waals surface area contributed by atoms with E-state index in [0.717, 1.165) is 54.5 Å². The van der Waals surface area contributed by atoms with Crippen molar-refractivity contribution in [2.75, 3.05) is 25.1 Å². The third-order valence-electron chi connectivity index (χ3n) is 4.07. The van der Waals surface area contributed by atoms with Crippen molar-refractivity contribution in [1.29, 1.82) is 0 Å². The number of carbonyl (C=O) groups is 1. The van der Waals surface area contributed by atoms with E-state index in [1.807, 2.05) is 7.05 Å². The molecule has 0 saturated carbocycles. The van der Waals surface area contributed by atoms with Crippen LogP contribution >= 0.6 is 11.3 Å². The first-order valence-corrected chi connectivity index (χ1v) is 8.02. The summed E-state index contributed by atoms with van der Waals surface area (Å²) in [5.41, 5.74) is 0.794. The minimum atomic E-state index is -0.746. The fraction of sp³-hybridized carbons (Fsp3) is 0.714. The van der Waals surface area contributed by atoms with Gasteiger partial charge in [-0.05, 0) is 32.1 Å². The first-order chi connectivity index (χ1) is 9.65. The summed E-state index contributed by atoms with van der Waals surface area (Å²) in [6.07, 6.45) is 5.14. The Labute approximate surface area is 122 Å². The highest BCUT2D eigenvalue weighted by molar-refractivity contribution is 7.15.